The Hall–Kier alpha value is -3.02. The van der Waals surface area contributed by atoms with Crippen LogP contribution in [-0.4, -0.2) is 32.4 Å². The average molecular weight is 356 g/mol. The Morgan fingerprint density at radius 1 is 1.08 bits per heavy atom. The van der Waals surface area contributed by atoms with Gasteiger partial charge >= 0.3 is 0 Å². The third kappa shape index (κ3) is 6.47. The summed E-state index contributed by atoms with van der Waals surface area (Å²) in [5.74, 6) is 1.55. The molecule has 0 aliphatic carbocycles. The number of hydrogen-bond donors (Lipinski definition) is 1. The van der Waals surface area contributed by atoms with Gasteiger partial charge in [-0.25, -0.2) is 5.43 Å². The molecular weight excluding hydrogens is 332 g/mol. The van der Waals surface area contributed by atoms with Crippen molar-refractivity contribution in [3.05, 3.63) is 54.1 Å². The van der Waals surface area contributed by atoms with Crippen LogP contribution in [0, 0.1) is 0 Å². The molecule has 0 saturated carbocycles. The van der Waals surface area contributed by atoms with E-state index in [0.29, 0.717) is 18.1 Å². The number of carbonyl (C=O) groups excluding carboxylic acids is 1. The molecule has 0 unspecified atom stereocenters. The zero-order chi connectivity index (χ0) is 18.6. The van der Waals surface area contributed by atoms with E-state index in [1.54, 1.807) is 25.5 Å². The second kappa shape index (κ2) is 10.8. The minimum Gasteiger partial charge on any atom is -0.494 e. The zero-order valence-electron chi connectivity index (χ0n) is 15.1. The van der Waals surface area contributed by atoms with E-state index in [-0.39, 0.29) is 12.5 Å². The molecular formula is C20H24N2O4. The van der Waals surface area contributed by atoms with Crippen molar-refractivity contribution < 1.29 is 19.0 Å². The van der Waals surface area contributed by atoms with Gasteiger partial charge in [0.05, 0.1) is 19.9 Å². The standard InChI is InChI=1S/C20H24N2O4/c1-3-4-13-25-17-11-9-16(10-12-17)14-21-22-20(23)15-26-19-8-6-5-7-18(19)24-2/h5-12,14H,3-4,13,15H2,1-2H3,(H,22,23)/b21-14+. The van der Waals surface area contributed by atoms with Gasteiger partial charge in [0, 0.05) is 0 Å². The van der Waals surface area contributed by atoms with Gasteiger partial charge < -0.3 is 14.2 Å². The predicted octanol–water partition coefficient (Wildman–Crippen LogP) is 3.40. The first-order chi connectivity index (χ1) is 12.7. The first kappa shape index (κ1) is 19.3. The summed E-state index contributed by atoms with van der Waals surface area (Å²) in [6.07, 6.45) is 3.70. The Morgan fingerprint density at radius 2 is 1.81 bits per heavy atom. The summed E-state index contributed by atoms with van der Waals surface area (Å²) in [4.78, 5) is 11.8. The highest BCUT2D eigenvalue weighted by Crippen LogP contribution is 2.25. The number of unbranched alkanes of at least 4 members (excludes halogenated alkanes) is 1. The Bertz CT molecular complexity index is 714. The van der Waals surface area contributed by atoms with Gasteiger partial charge in [0.15, 0.2) is 18.1 Å². The van der Waals surface area contributed by atoms with Crippen LogP contribution in [0.4, 0.5) is 0 Å². The number of nitrogens with zero attached hydrogens (tertiary/aromatic N) is 1. The first-order valence-corrected chi connectivity index (χ1v) is 8.53. The molecule has 1 amide bonds. The normalized spacial score (nSPS) is 10.5. The lowest BCUT2D eigenvalue weighted by atomic mass is 10.2. The number of amides is 1. The van der Waals surface area contributed by atoms with Crippen LogP contribution in [0.5, 0.6) is 17.2 Å². The maximum atomic E-state index is 11.8. The van der Waals surface area contributed by atoms with Crippen molar-refractivity contribution in [1.29, 1.82) is 0 Å². The molecule has 6 nitrogen and oxygen atoms in total. The summed E-state index contributed by atoms with van der Waals surface area (Å²) >= 11 is 0. The van der Waals surface area contributed by atoms with E-state index in [9.17, 15) is 4.79 Å². The van der Waals surface area contributed by atoms with Crippen LogP contribution >= 0.6 is 0 Å². The molecule has 0 radical (unpaired) electrons. The van der Waals surface area contributed by atoms with Crippen LogP contribution in [0.1, 0.15) is 25.3 Å². The third-order valence-corrected chi connectivity index (χ3v) is 3.48. The monoisotopic (exact) mass is 356 g/mol. The van der Waals surface area contributed by atoms with Crippen molar-refractivity contribution in [3.8, 4) is 17.2 Å². The molecule has 2 aromatic carbocycles. The van der Waals surface area contributed by atoms with Crippen molar-refractivity contribution in [2.75, 3.05) is 20.3 Å². The molecule has 0 spiro atoms. The second-order valence-electron chi connectivity index (χ2n) is 5.50. The number of para-hydroxylation sites is 2. The van der Waals surface area contributed by atoms with Gasteiger partial charge in [-0.2, -0.15) is 5.10 Å². The number of nitrogens with one attached hydrogen (secondary N) is 1. The molecule has 0 heterocycles. The predicted molar refractivity (Wildman–Crippen MR) is 101 cm³/mol. The van der Waals surface area contributed by atoms with Crippen LogP contribution in [0.15, 0.2) is 53.6 Å². The Labute approximate surface area is 153 Å². The maximum Gasteiger partial charge on any atom is 0.277 e. The van der Waals surface area contributed by atoms with Gasteiger partial charge in [0.2, 0.25) is 0 Å². The molecule has 6 heteroatoms. The summed E-state index contributed by atoms with van der Waals surface area (Å²) in [5, 5.41) is 3.92. The number of hydrazone groups is 1. The fourth-order valence-corrected chi connectivity index (χ4v) is 2.08. The first-order valence-electron chi connectivity index (χ1n) is 8.53. The molecule has 2 aromatic rings. The van der Waals surface area contributed by atoms with Gasteiger partial charge in [-0.1, -0.05) is 25.5 Å². The number of carbonyl (C=O) groups is 1. The molecule has 0 saturated heterocycles. The van der Waals surface area contributed by atoms with Gasteiger partial charge in [-0.05, 0) is 48.4 Å². The lowest BCUT2D eigenvalue weighted by Gasteiger charge is -2.09. The van der Waals surface area contributed by atoms with Crippen LogP contribution in [0.2, 0.25) is 0 Å². The molecule has 0 bridgehead atoms. The van der Waals surface area contributed by atoms with Crippen molar-refractivity contribution in [1.82, 2.24) is 5.43 Å². The van der Waals surface area contributed by atoms with Gasteiger partial charge in [0.25, 0.3) is 5.91 Å². The average Bonchev–Trinajstić information content (AvgIpc) is 2.68. The Balaban J connectivity index is 1.76. The number of benzene rings is 2. The zero-order valence-corrected chi connectivity index (χ0v) is 15.1. The topological polar surface area (TPSA) is 69.2 Å². The third-order valence-electron chi connectivity index (χ3n) is 3.48. The van der Waals surface area contributed by atoms with Crippen molar-refractivity contribution >= 4 is 12.1 Å². The SMILES string of the molecule is CCCCOc1ccc(/C=N/NC(=O)COc2ccccc2OC)cc1. The minimum atomic E-state index is -0.355. The number of ether oxygens (including phenoxy) is 3. The van der Waals surface area contributed by atoms with E-state index < -0.39 is 0 Å². The quantitative estimate of drug-likeness (QED) is 0.402. The van der Waals surface area contributed by atoms with Crippen LogP contribution in [0.3, 0.4) is 0 Å². The van der Waals surface area contributed by atoms with Crippen molar-refractivity contribution in [2.24, 2.45) is 5.10 Å². The van der Waals surface area contributed by atoms with Crippen molar-refractivity contribution in [3.63, 3.8) is 0 Å². The number of hydrogen-bond acceptors (Lipinski definition) is 5. The van der Waals surface area contributed by atoms with Crippen LogP contribution in [-0.2, 0) is 4.79 Å². The molecule has 0 aliphatic rings. The van der Waals surface area contributed by atoms with E-state index in [4.69, 9.17) is 14.2 Å². The largest absolute Gasteiger partial charge is 0.494 e. The van der Waals surface area contributed by atoms with E-state index in [1.807, 2.05) is 36.4 Å². The Morgan fingerprint density at radius 3 is 2.50 bits per heavy atom. The fraction of sp³-hybridized carbons (Fsp3) is 0.300. The molecule has 138 valence electrons. The highest BCUT2D eigenvalue weighted by Gasteiger charge is 2.05. The molecule has 0 atom stereocenters. The van der Waals surface area contributed by atoms with E-state index in [0.717, 1.165) is 24.2 Å². The van der Waals surface area contributed by atoms with Gasteiger partial charge in [0.1, 0.15) is 5.75 Å². The lowest BCUT2D eigenvalue weighted by molar-refractivity contribution is -0.123. The lowest BCUT2D eigenvalue weighted by Crippen LogP contribution is -2.24. The van der Waals surface area contributed by atoms with Crippen LogP contribution in [0.25, 0.3) is 0 Å². The number of rotatable bonds is 10. The maximum absolute atomic E-state index is 11.8. The van der Waals surface area contributed by atoms with Gasteiger partial charge in [-0.15, -0.1) is 0 Å². The van der Waals surface area contributed by atoms with E-state index in [2.05, 4.69) is 17.5 Å². The van der Waals surface area contributed by atoms with Crippen LogP contribution < -0.4 is 19.6 Å². The summed E-state index contributed by atoms with van der Waals surface area (Å²) in [6, 6.07) is 14.7. The minimum absolute atomic E-state index is 0.151. The van der Waals surface area contributed by atoms with Gasteiger partial charge in [-0.3, -0.25) is 4.79 Å². The number of methoxy groups -OCH3 is 1. The second-order valence-corrected chi connectivity index (χ2v) is 5.50. The summed E-state index contributed by atoms with van der Waals surface area (Å²) < 4.78 is 16.2. The molecule has 1 N–H and O–H groups in total. The molecule has 2 rings (SSSR count). The van der Waals surface area contributed by atoms with E-state index >= 15 is 0 Å². The smallest absolute Gasteiger partial charge is 0.277 e. The fourth-order valence-electron chi connectivity index (χ4n) is 2.08. The molecule has 0 fully saturated rings. The summed E-state index contributed by atoms with van der Waals surface area (Å²) in [7, 11) is 1.55. The summed E-state index contributed by atoms with van der Waals surface area (Å²) in [5.41, 5.74) is 3.29. The highest BCUT2D eigenvalue weighted by atomic mass is 16.5. The van der Waals surface area contributed by atoms with Crippen molar-refractivity contribution in [2.45, 2.75) is 19.8 Å². The van der Waals surface area contributed by atoms with E-state index in [1.165, 1.54) is 0 Å². The Kier molecular flexibility index (Phi) is 7.99. The molecule has 0 aromatic heterocycles. The summed E-state index contributed by atoms with van der Waals surface area (Å²) in [6.45, 7) is 2.69. The molecule has 0 aliphatic heterocycles. The molecule has 26 heavy (non-hydrogen) atoms. The highest BCUT2D eigenvalue weighted by molar-refractivity contribution is 5.83.